The molecule has 0 spiro atoms. The fourth-order valence-electron chi connectivity index (χ4n) is 4.50. The molecule has 4 N–H and O–H groups in total. The molecule has 2 aromatic heterocycles. The molecule has 1 saturated heterocycles. The van der Waals surface area contributed by atoms with Crippen LogP contribution in [0.4, 0.5) is 0 Å². The highest BCUT2D eigenvalue weighted by Crippen LogP contribution is 2.32. The molecule has 0 radical (unpaired) electrons. The number of hydrogen-bond acceptors (Lipinski definition) is 5. The maximum absolute atomic E-state index is 12.3. The molecule has 0 amide bonds. The Morgan fingerprint density at radius 1 is 1.28 bits per heavy atom. The van der Waals surface area contributed by atoms with E-state index in [1.165, 1.54) is 0 Å². The van der Waals surface area contributed by atoms with Crippen molar-refractivity contribution < 1.29 is 19.7 Å². The number of aromatic hydroxyl groups is 1. The van der Waals surface area contributed by atoms with Crippen LogP contribution < -0.4 is 10.9 Å². The predicted molar refractivity (Wildman–Crippen MR) is 122 cm³/mol. The number of pyridine rings is 1. The largest absolute Gasteiger partial charge is 0.506 e. The molecule has 8 heteroatoms. The monoisotopic (exact) mass is 439 g/mol. The summed E-state index contributed by atoms with van der Waals surface area (Å²) < 4.78 is 7.57. The van der Waals surface area contributed by atoms with E-state index in [-0.39, 0.29) is 0 Å². The Morgan fingerprint density at radius 3 is 2.72 bits per heavy atom. The number of ether oxygens (including phenoxy) is 1. The molecular formula is C24H29N3O5. The van der Waals surface area contributed by atoms with Gasteiger partial charge in [0.1, 0.15) is 5.75 Å². The number of carboxylic acid groups (broad SMARTS) is 1. The lowest BCUT2D eigenvalue weighted by molar-refractivity contribution is 0.0661. The van der Waals surface area contributed by atoms with Crippen molar-refractivity contribution in [3.63, 3.8) is 0 Å². The molecule has 0 atom stereocenters. The molecule has 3 heterocycles. The van der Waals surface area contributed by atoms with Crippen LogP contribution in [0.5, 0.6) is 5.75 Å². The lowest BCUT2D eigenvalue weighted by atomic mass is 9.99. The molecule has 0 unspecified atom stereocenters. The first-order valence-corrected chi connectivity index (χ1v) is 11.0. The maximum atomic E-state index is 12.3. The van der Waals surface area contributed by atoms with Crippen LogP contribution in [0.15, 0.2) is 29.1 Å². The van der Waals surface area contributed by atoms with Gasteiger partial charge in [0.25, 0.3) is 5.56 Å². The zero-order valence-electron chi connectivity index (χ0n) is 18.4. The van der Waals surface area contributed by atoms with E-state index in [0.29, 0.717) is 23.6 Å². The summed E-state index contributed by atoms with van der Waals surface area (Å²) >= 11 is 0. The summed E-state index contributed by atoms with van der Waals surface area (Å²) in [5, 5.41) is 24.3. The number of aromatic amines is 1. The van der Waals surface area contributed by atoms with Gasteiger partial charge in [0.2, 0.25) is 0 Å². The lowest BCUT2D eigenvalue weighted by Gasteiger charge is -2.22. The van der Waals surface area contributed by atoms with E-state index < -0.39 is 22.8 Å². The molecule has 1 aromatic carbocycles. The molecule has 1 fully saturated rings. The third-order valence-electron chi connectivity index (χ3n) is 6.37. The molecular weight excluding hydrogens is 410 g/mol. The van der Waals surface area contributed by atoms with Gasteiger partial charge in [-0.05, 0) is 55.5 Å². The standard InChI is InChI=1S/C24H29N3O5/c1-3-18-21(26-23(29)20(22(18)28)24(30)31)15-4-5-19-16(10-15)11-17(27(19)2)13-25-12-14-6-8-32-9-7-14/h4-5,10-11,14,25H,3,6-9,12-13H2,1-2H3,(H,30,31)(H2,26,28,29). The van der Waals surface area contributed by atoms with E-state index in [4.69, 9.17) is 4.74 Å². The average Bonchev–Trinajstić information content (AvgIpc) is 3.08. The van der Waals surface area contributed by atoms with E-state index in [1.54, 1.807) is 0 Å². The second-order valence-electron chi connectivity index (χ2n) is 8.34. The molecule has 4 rings (SSSR count). The Morgan fingerprint density at radius 2 is 2.03 bits per heavy atom. The Labute approximate surface area is 185 Å². The summed E-state index contributed by atoms with van der Waals surface area (Å²) in [6.07, 6.45) is 2.57. The van der Waals surface area contributed by atoms with Gasteiger partial charge in [-0.1, -0.05) is 13.0 Å². The highest BCUT2D eigenvalue weighted by Gasteiger charge is 2.22. The van der Waals surface area contributed by atoms with Crippen molar-refractivity contribution in [3.05, 3.63) is 51.4 Å². The van der Waals surface area contributed by atoms with Crippen molar-refractivity contribution in [2.45, 2.75) is 32.7 Å². The number of rotatable bonds is 7. The quantitative estimate of drug-likeness (QED) is 0.450. The predicted octanol–water partition coefficient (Wildman–Crippen LogP) is 3.02. The lowest BCUT2D eigenvalue weighted by Crippen LogP contribution is -2.27. The molecule has 1 aliphatic heterocycles. The number of carboxylic acids is 1. The normalized spacial score (nSPS) is 14.8. The number of hydrogen-bond donors (Lipinski definition) is 4. The number of aryl methyl sites for hydroxylation is 1. The van der Waals surface area contributed by atoms with E-state index in [0.717, 1.165) is 61.3 Å². The number of aromatic carboxylic acids is 1. The fourth-order valence-corrected chi connectivity index (χ4v) is 4.50. The van der Waals surface area contributed by atoms with Crippen LogP contribution in [-0.4, -0.2) is 45.5 Å². The molecule has 170 valence electrons. The first-order chi connectivity index (χ1) is 15.4. The van der Waals surface area contributed by atoms with Crippen LogP contribution in [-0.2, 0) is 24.8 Å². The van der Waals surface area contributed by atoms with Gasteiger partial charge >= 0.3 is 5.97 Å². The minimum atomic E-state index is -1.44. The number of benzene rings is 1. The Kier molecular flexibility index (Phi) is 6.34. The van der Waals surface area contributed by atoms with Gasteiger partial charge in [0, 0.05) is 49.0 Å². The number of carbonyl (C=O) groups is 1. The Hall–Kier alpha value is -3.10. The van der Waals surface area contributed by atoms with Gasteiger partial charge in [-0.15, -0.1) is 0 Å². The molecule has 0 aliphatic carbocycles. The molecule has 8 nitrogen and oxygen atoms in total. The molecule has 32 heavy (non-hydrogen) atoms. The summed E-state index contributed by atoms with van der Waals surface area (Å²) in [4.78, 5) is 26.3. The number of H-pyrrole nitrogens is 1. The van der Waals surface area contributed by atoms with Crippen LogP contribution in [0.25, 0.3) is 22.2 Å². The summed E-state index contributed by atoms with van der Waals surface area (Å²) in [6, 6.07) is 7.94. The van der Waals surface area contributed by atoms with Gasteiger partial charge in [-0.25, -0.2) is 4.79 Å². The molecule has 0 saturated carbocycles. The van der Waals surface area contributed by atoms with Gasteiger partial charge in [-0.2, -0.15) is 0 Å². The minimum Gasteiger partial charge on any atom is -0.506 e. The topological polar surface area (TPSA) is 117 Å². The maximum Gasteiger partial charge on any atom is 0.345 e. The van der Waals surface area contributed by atoms with Crippen LogP contribution in [0, 0.1) is 5.92 Å². The smallest absolute Gasteiger partial charge is 0.345 e. The highest BCUT2D eigenvalue weighted by atomic mass is 16.5. The first kappa shape index (κ1) is 22.1. The molecule has 0 bridgehead atoms. The summed E-state index contributed by atoms with van der Waals surface area (Å²) in [5.74, 6) is -1.26. The summed E-state index contributed by atoms with van der Waals surface area (Å²) in [7, 11) is 2.03. The van der Waals surface area contributed by atoms with Crippen LogP contribution in [0.1, 0.15) is 41.4 Å². The van der Waals surface area contributed by atoms with Crippen molar-refractivity contribution >= 4 is 16.9 Å². The van der Waals surface area contributed by atoms with Gasteiger partial charge in [-0.3, -0.25) is 4.79 Å². The Balaban J connectivity index is 1.63. The van der Waals surface area contributed by atoms with E-state index in [9.17, 15) is 19.8 Å². The third kappa shape index (κ3) is 4.16. The van der Waals surface area contributed by atoms with Crippen molar-refractivity contribution in [3.8, 4) is 17.0 Å². The van der Waals surface area contributed by atoms with Crippen LogP contribution in [0.3, 0.4) is 0 Å². The van der Waals surface area contributed by atoms with Gasteiger partial charge < -0.3 is 29.8 Å². The average molecular weight is 440 g/mol. The summed E-state index contributed by atoms with van der Waals surface area (Å²) in [6.45, 7) is 5.21. The van der Waals surface area contributed by atoms with Gasteiger partial charge in [0.05, 0.1) is 5.69 Å². The number of aromatic nitrogens is 2. The van der Waals surface area contributed by atoms with Crippen LogP contribution in [0.2, 0.25) is 0 Å². The zero-order valence-corrected chi connectivity index (χ0v) is 18.4. The van der Waals surface area contributed by atoms with Crippen molar-refractivity contribution in [1.82, 2.24) is 14.9 Å². The van der Waals surface area contributed by atoms with E-state index in [2.05, 4.69) is 20.9 Å². The summed E-state index contributed by atoms with van der Waals surface area (Å²) in [5.41, 5.74) is 2.37. The molecule has 1 aliphatic rings. The minimum absolute atomic E-state index is 0.381. The molecule has 3 aromatic rings. The van der Waals surface area contributed by atoms with E-state index in [1.807, 2.05) is 32.2 Å². The second-order valence-corrected chi connectivity index (χ2v) is 8.34. The zero-order chi connectivity index (χ0) is 22.8. The Bertz CT molecular complexity index is 1200. The number of nitrogens with zero attached hydrogens (tertiary/aromatic N) is 1. The first-order valence-electron chi connectivity index (χ1n) is 11.0. The van der Waals surface area contributed by atoms with Crippen molar-refractivity contribution in [1.29, 1.82) is 0 Å². The van der Waals surface area contributed by atoms with Gasteiger partial charge in [0.15, 0.2) is 5.56 Å². The van der Waals surface area contributed by atoms with Crippen LogP contribution >= 0.6 is 0 Å². The second kappa shape index (κ2) is 9.18. The highest BCUT2D eigenvalue weighted by molar-refractivity contribution is 5.92. The van der Waals surface area contributed by atoms with Crippen molar-refractivity contribution in [2.75, 3.05) is 19.8 Å². The number of fused-ring (bicyclic) bond motifs is 1. The SMILES string of the molecule is CCc1c(-c2ccc3c(c2)cc(CNCC2CCOCC2)n3C)[nH]c(=O)c(C(=O)O)c1O. The third-order valence-corrected chi connectivity index (χ3v) is 6.37. The van der Waals surface area contributed by atoms with E-state index >= 15 is 0 Å². The fraction of sp³-hybridized carbons (Fsp3) is 0.417. The number of nitrogens with one attached hydrogen (secondary N) is 2. The van der Waals surface area contributed by atoms with Crippen molar-refractivity contribution in [2.24, 2.45) is 13.0 Å².